The van der Waals surface area contributed by atoms with Crippen molar-refractivity contribution < 1.29 is 9.53 Å². The smallest absolute Gasteiger partial charge is 0.302 e. The van der Waals surface area contributed by atoms with Crippen molar-refractivity contribution in [3.8, 4) is 11.8 Å². The van der Waals surface area contributed by atoms with Crippen LogP contribution in [0.25, 0.3) is 11.0 Å². The highest BCUT2D eigenvalue weighted by atomic mass is 16.5. The van der Waals surface area contributed by atoms with E-state index in [9.17, 15) is 4.79 Å². The number of imidazole rings is 1. The average molecular weight is 444 g/mol. The number of pyridine rings is 1. The molecule has 0 aliphatic rings. The van der Waals surface area contributed by atoms with Crippen LogP contribution in [0.5, 0.6) is 11.8 Å². The number of carbonyl (C=O) groups excluding carboxylic acids is 1. The third-order valence-electron chi connectivity index (χ3n) is 5.65. The number of hydrogen-bond acceptors (Lipinski definition) is 5. The van der Waals surface area contributed by atoms with Crippen molar-refractivity contribution in [1.82, 2.24) is 14.5 Å². The number of hydrogen-bond donors (Lipinski definition) is 0. The van der Waals surface area contributed by atoms with Crippen molar-refractivity contribution in [2.75, 3.05) is 23.4 Å². The van der Waals surface area contributed by atoms with E-state index in [1.807, 2.05) is 73.5 Å². The van der Waals surface area contributed by atoms with Gasteiger partial charge >= 0.3 is 6.01 Å². The van der Waals surface area contributed by atoms with E-state index in [-0.39, 0.29) is 0 Å². The molecule has 0 saturated carbocycles. The van der Waals surface area contributed by atoms with Crippen molar-refractivity contribution in [1.29, 1.82) is 0 Å². The van der Waals surface area contributed by atoms with E-state index in [1.54, 1.807) is 11.1 Å². The highest BCUT2D eigenvalue weighted by Gasteiger charge is 2.16. The minimum atomic E-state index is 0.571. The molecule has 2 heterocycles. The summed E-state index contributed by atoms with van der Waals surface area (Å²) in [6.45, 7) is 5.55. The number of aromatic nitrogens is 3. The standard InChI is InChI=1S/C26H29N5O2/c1-4-6-18-31-23-11-8-7-10-22(23)28-26(31)33-21-15-13-20(14-16-21)29(3)25-24(12-9-17-27-25)30(5-2)19-32/h7-17,19H,4-6,18H2,1-3H3. The van der Waals surface area contributed by atoms with Crippen LogP contribution in [0, 0.1) is 0 Å². The Balaban J connectivity index is 1.58. The molecule has 7 nitrogen and oxygen atoms in total. The van der Waals surface area contributed by atoms with Crippen LogP contribution in [-0.4, -0.2) is 34.5 Å². The zero-order valence-corrected chi connectivity index (χ0v) is 19.3. The van der Waals surface area contributed by atoms with Gasteiger partial charge in [-0.1, -0.05) is 25.5 Å². The van der Waals surface area contributed by atoms with Gasteiger partial charge < -0.3 is 14.5 Å². The quantitative estimate of drug-likeness (QED) is 0.291. The SMILES string of the molecule is CCCCn1c(Oc2ccc(N(C)c3ncccc3N(C=O)CC)cc2)nc2ccccc21. The summed E-state index contributed by atoms with van der Waals surface area (Å²) in [6, 6.07) is 20.2. The zero-order chi connectivity index (χ0) is 23.2. The second-order valence-corrected chi connectivity index (χ2v) is 7.78. The first-order valence-electron chi connectivity index (χ1n) is 11.3. The molecule has 4 rings (SSSR count). The summed E-state index contributed by atoms with van der Waals surface area (Å²) in [5.41, 5.74) is 3.71. The summed E-state index contributed by atoms with van der Waals surface area (Å²) in [7, 11) is 1.94. The molecule has 1 amide bonds. The highest BCUT2D eigenvalue weighted by molar-refractivity contribution is 5.84. The molecule has 0 saturated heterocycles. The van der Waals surface area contributed by atoms with Crippen LogP contribution in [0.1, 0.15) is 26.7 Å². The molecule has 0 aliphatic heterocycles. The van der Waals surface area contributed by atoms with Gasteiger partial charge in [-0.3, -0.25) is 9.36 Å². The van der Waals surface area contributed by atoms with E-state index >= 15 is 0 Å². The van der Waals surface area contributed by atoms with Crippen molar-refractivity contribution in [3.05, 3.63) is 66.9 Å². The molecule has 0 spiro atoms. The molecule has 0 fully saturated rings. The Labute approximate surface area is 194 Å². The number of anilines is 3. The van der Waals surface area contributed by atoms with Gasteiger partial charge in [-0.05, 0) is 61.9 Å². The molecule has 0 bridgehead atoms. The number of benzene rings is 2. The predicted molar refractivity (Wildman–Crippen MR) is 133 cm³/mol. The molecule has 2 aromatic carbocycles. The zero-order valence-electron chi connectivity index (χ0n) is 19.3. The number of fused-ring (bicyclic) bond motifs is 1. The van der Waals surface area contributed by atoms with E-state index in [1.165, 1.54) is 0 Å². The third-order valence-corrected chi connectivity index (χ3v) is 5.65. The van der Waals surface area contributed by atoms with Crippen LogP contribution in [-0.2, 0) is 11.3 Å². The minimum absolute atomic E-state index is 0.571. The summed E-state index contributed by atoms with van der Waals surface area (Å²) in [4.78, 5) is 24.3. The number of carbonyl (C=O) groups is 1. The van der Waals surface area contributed by atoms with Crippen LogP contribution < -0.4 is 14.5 Å². The molecule has 2 aromatic heterocycles. The van der Waals surface area contributed by atoms with Crippen LogP contribution in [0.3, 0.4) is 0 Å². The van der Waals surface area contributed by atoms with Crippen LogP contribution >= 0.6 is 0 Å². The van der Waals surface area contributed by atoms with Crippen molar-refractivity contribution in [3.63, 3.8) is 0 Å². The van der Waals surface area contributed by atoms with Crippen LogP contribution in [0.4, 0.5) is 17.2 Å². The first-order chi connectivity index (χ1) is 16.2. The molecule has 0 N–H and O–H groups in total. The summed E-state index contributed by atoms with van der Waals surface area (Å²) in [5.74, 6) is 1.42. The molecule has 0 atom stereocenters. The fraction of sp³-hybridized carbons (Fsp3) is 0.269. The summed E-state index contributed by atoms with van der Waals surface area (Å²) in [6.07, 6.45) is 4.71. The number of para-hydroxylation sites is 2. The normalized spacial score (nSPS) is 10.9. The third kappa shape index (κ3) is 4.67. The van der Waals surface area contributed by atoms with Crippen molar-refractivity contribution >= 4 is 34.6 Å². The van der Waals surface area contributed by atoms with E-state index < -0.39 is 0 Å². The van der Waals surface area contributed by atoms with E-state index in [0.29, 0.717) is 24.1 Å². The Hall–Kier alpha value is -3.87. The maximum atomic E-state index is 11.5. The Morgan fingerprint density at radius 1 is 1.03 bits per heavy atom. The predicted octanol–water partition coefficient (Wildman–Crippen LogP) is 5.77. The molecule has 33 heavy (non-hydrogen) atoms. The number of ether oxygens (including phenoxy) is 1. The first-order valence-corrected chi connectivity index (χ1v) is 11.3. The molecule has 170 valence electrons. The molecular formula is C26H29N5O2. The number of aryl methyl sites for hydroxylation is 1. The van der Waals surface area contributed by atoms with Gasteiger partial charge in [0.15, 0.2) is 5.82 Å². The summed E-state index contributed by atoms with van der Waals surface area (Å²) >= 11 is 0. The minimum Gasteiger partial charge on any atom is -0.425 e. The average Bonchev–Trinajstić information content (AvgIpc) is 3.20. The fourth-order valence-electron chi connectivity index (χ4n) is 3.80. The molecule has 0 aliphatic carbocycles. The lowest BCUT2D eigenvalue weighted by molar-refractivity contribution is -0.107. The van der Waals surface area contributed by atoms with Gasteiger partial charge in [0.05, 0.1) is 16.7 Å². The first kappa shape index (κ1) is 22.3. The topological polar surface area (TPSA) is 63.5 Å². The number of nitrogens with zero attached hydrogens (tertiary/aromatic N) is 5. The van der Waals surface area contributed by atoms with Crippen molar-refractivity contribution in [2.45, 2.75) is 33.2 Å². The summed E-state index contributed by atoms with van der Waals surface area (Å²) in [5, 5.41) is 0. The molecular weight excluding hydrogens is 414 g/mol. The summed E-state index contributed by atoms with van der Waals surface area (Å²) < 4.78 is 8.33. The van der Waals surface area contributed by atoms with Crippen molar-refractivity contribution in [2.24, 2.45) is 0 Å². The van der Waals surface area contributed by atoms with E-state index in [2.05, 4.69) is 22.5 Å². The van der Waals surface area contributed by atoms with Gasteiger partial charge in [0.25, 0.3) is 0 Å². The maximum Gasteiger partial charge on any atom is 0.302 e. The van der Waals surface area contributed by atoms with Gasteiger partial charge in [0, 0.05) is 32.0 Å². The largest absolute Gasteiger partial charge is 0.425 e. The maximum absolute atomic E-state index is 11.5. The van der Waals surface area contributed by atoms with Gasteiger partial charge in [-0.25, -0.2) is 4.98 Å². The Morgan fingerprint density at radius 3 is 2.55 bits per heavy atom. The Kier molecular flexibility index (Phi) is 6.88. The number of amides is 1. The van der Waals surface area contributed by atoms with Gasteiger partial charge in [0.2, 0.25) is 6.41 Å². The van der Waals surface area contributed by atoms with Gasteiger partial charge in [-0.2, -0.15) is 4.98 Å². The lowest BCUT2D eigenvalue weighted by Gasteiger charge is -2.25. The van der Waals surface area contributed by atoms with E-state index in [4.69, 9.17) is 9.72 Å². The van der Waals surface area contributed by atoms with Gasteiger partial charge in [-0.15, -0.1) is 0 Å². The Bertz CT molecular complexity index is 1220. The molecule has 4 aromatic rings. The fourth-order valence-corrected chi connectivity index (χ4v) is 3.80. The van der Waals surface area contributed by atoms with Crippen LogP contribution in [0.2, 0.25) is 0 Å². The monoisotopic (exact) mass is 443 g/mol. The lowest BCUT2D eigenvalue weighted by atomic mass is 10.2. The second kappa shape index (κ2) is 10.2. The lowest BCUT2D eigenvalue weighted by Crippen LogP contribution is -2.23. The van der Waals surface area contributed by atoms with E-state index in [0.717, 1.165) is 48.2 Å². The molecule has 0 radical (unpaired) electrons. The highest BCUT2D eigenvalue weighted by Crippen LogP contribution is 2.33. The molecule has 7 heteroatoms. The van der Waals surface area contributed by atoms with Crippen LogP contribution in [0.15, 0.2) is 66.9 Å². The molecule has 0 unspecified atom stereocenters. The number of rotatable bonds is 10. The second-order valence-electron chi connectivity index (χ2n) is 7.78. The van der Waals surface area contributed by atoms with Gasteiger partial charge in [0.1, 0.15) is 5.75 Å². The number of unbranched alkanes of at least 4 members (excludes halogenated alkanes) is 1. The Morgan fingerprint density at radius 2 is 1.82 bits per heavy atom.